The molecule has 0 spiro atoms. The van der Waals surface area contributed by atoms with E-state index in [2.05, 4.69) is 23.0 Å². The highest BCUT2D eigenvalue weighted by molar-refractivity contribution is 5.08. The van der Waals surface area contributed by atoms with Crippen molar-refractivity contribution in [3.63, 3.8) is 0 Å². The molecule has 1 fully saturated rings. The second-order valence-electron chi connectivity index (χ2n) is 5.03. The van der Waals surface area contributed by atoms with Crippen LogP contribution < -0.4 is 5.73 Å². The van der Waals surface area contributed by atoms with Crippen molar-refractivity contribution in [1.29, 1.82) is 0 Å². The van der Waals surface area contributed by atoms with Gasteiger partial charge >= 0.3 is 0 Å². The molecule has 100 valence electrons. The standard InChI is InChI=1S/C14H23N3O/c1-17(11-12-3-2-6-16-10-12)14(9-15)13-4-7-18-8-5-13/h2-3,6,10,13-14H,4-5,7-9,11,15H2,1H3. The first-order chi connectivity index (χ1) is 8.81. The molecule has 2 rings (SSSR count). The lowest BCUT2D eigenvalue weighted by Crippen LogP contribution is -2.44. The average molecular weight is 249 g/mol. The van der Waals surface area contributed by atoms with Crippen LogP contribution in [0.5, 0.6) is 0 Å². The third-order valence-corrected chi connectivity index (χ3v) is 3.77. The largest absolute Gasteiger partial charge is 0.381 e. The second-order valence-corrected chi connectivity index (χ2v) is 5.03. The average Bonchev–Trinajstić information content (AvgIpc) is 2.42. The third-order valence-electron chi connectivity index (χ3n) is 3.77. The van der Waals surface area contributed by atoms with Crippen LogP contribution in [0.3, 0.4) is 0 Å². The summed E-state index contributed by atoms with van der Waals surface area (Å²) in [5, 5.41) is 0. The van der Waals surface area contributed by atoms with E-state index < -0.39 is 0 Å². The maximum absolute atomic E-state index is 5.96. The van der Waals surface area contributed by atoms with Crippen molar-refractivity contribution in [1.82, 2.24) is 9.88 Å². The van der Waals surface area contributed by atoms with Gasteiger partial charge in [-0.2, -0.15) is 0 Å². The van der Waals surface area contributed by atoms with Gasteiger partial charge in [0.1, 0.15) is 0 Å². The fourth-order valence-electron chi connectivity index (χ4n) is 2.73. The van der Waals surface area contributed by atoms with E-state index in [1.165, 1.54) is 5.56 Å². The topological polar surface area (TPSA) is 51.4 Å². The lowest BCUT2D eigenvalue weighted by atomic mass is 9.90. The van der Waals surface area contributed by atoms with E-state index in [0.29, 0.717) is 18.5 Å². The van der Waals surface area contributed by atoms with Crippen LogP contribution in [0.15, 0.2) is 24.5 Å². The summed E-state index contributed by atoms with van der Waals surface area (Å²) in [4.78, 5) is 6.51. The van der Waals surface area contributed by atoms with Crippen molar-refractivity contribution in [2.24, 2.45) is 11.7 Å². The number of aromatic nitrogens is 1. The van der Waals surface area contributed by atoms with E-state index in [0.717, 1.165) is 32.6 Å². The lowest BCUT2D eigenvalue weighted by molar-refractivity contribution is 0.0321. The Bertz CT molecular complexity index is 338. The van der Waals surface area contributed by atoms with Gasteiger partial charge in [0.2, 0.25) is 0 Å². The van der Waals surface area contributed by atoms with Crippen LogP contribution in [0.25, 0.3) is 0 Å². The molecule has 2 heterocycles. The molecule has 4 heteroatoms. The monoisotopic (exact) mass is 249 g/mol. The first-order valence-corrected chi connectivity index (χ1v) is 6.68. The summed E-state index contributed by atoms with van der Waals surface area (Å²) >= 11 is 0. The van der Waals surface area contributed by atoms with E-state index >= 15 is 0 Å². The number of nitrogens with two attached hydrogens (primary N) is 1. The Hall–Kier alpha value is -0.970. The maximum atomic E-state index is 5.96. The van der Waals surface area contributed by atoms with Crippen LogP contribution in [0.2, 0.25) is 0 Å². The molecule has 1 aromatic heterocycles. The summed E-state index contributed by atoms with van der Waals surface area (Å²) in [7, 11) is 2.15. The molecule has 1 aliphatic heterocycles. The number of likely N-dealkylation sites (N-methyl/N-ethyl adjacent to an activating group) is 1. The van der Waals surface area contributed by atoms with Gasteiger partial charge in [-0.15, -0.1) is 0 Å². The van der Waals surface area contributed by atoms with Gasteiger partial charge in [0.15, 0.2) is 0 Å². The van der Waals surface area contributed by atoms with E-state index in [-0.39, 0.29) is 0 Å². The van der Waals surface area contributed by atoms with Crippen LogP contribution in [-0.2, 0) is 11.3 Å². The Morgan fingerprint density at radius 3 is 2.89 bits per heavy atom. The van der Waals surface area contributed by atoms with Crippen molar-refractivity contribution in [3.05, 3.63) is 30.1 Å². The summed E-state index contributed by atoms with van der Waals surface area (Å²) in [5.74, 6) is 0.658. The van der Waals surface area contributed by atoms with Crippen molar-refractivity contribution in [3.8, 4) is 0 Å². The molecule has 0 radical (unpaired) electrons. The van der Waals surface area contributed by atoms with Gasteiger partial charge in [0.25, 0.3) is 0 Å². The van der Waals surface area contributed by atoms with Gasteiger partial charge in [-0.25, -0.2) is 0 Å². The summed E-state index contributed by atoms with van der Waals surface area (Å²) in [6.45, 7) is 3.37. The molecular formula is C14H23N3O. The molecule has 1 aromatic rings. The molecule has 4 nitrogen and oxygen atoms in total. The van der Waals surface area contributed by atoms with E-state index in [1.54, 1.807) is 0 Å². The summed E-state index contributed by atoms with van der Waals surface area (Å²) in [6.07, 6.45) is 5.98. The smallest absolute Gasteiger partial charge is 0.0469 e. The predicted molar refractivity (Wildman–Crippen MR) is 72.1 cm³/mol. The van der Waals surface area contributed by atoms with Crippen LogP contribution in [-0.4, -0.2) is 42.7 Å². The Morgan fingerprint density at radius 1 is 1.50 bits per heavy atom. The lowest BCUT2D eigenvalue weighted by Gasteiger charge is -2.36. The van der Waals surface area contributed by atoms with Crippen molar-refractivity contribution >= 4 is 0 Å². The highest BCUT2D eigenvalue weighted by Gasteiger charge is 2.26. The van der Waals surface area contributed by atoms with Crippen LogP contribution in [0.1, 0.15) is 18.4 Å². The Kier molecular flexibility index (Phi) is 5.11. The molecule has 1 saturated heterocycles. The molecule has 2 N–H and O–H groups in total. The van der Waals surface area contributed by atoms with Gasteiger partial charge in [-0.1, -0.05) is 6.07 Å². The quantitative estimate of drug-likeness (QED) is 0.854. The number of ether oxygens (including phenoxy) is 1. The third kappa shape index (κ3) is 3.51. The Balaban J connectivity index is 1.94. The minimum absolute atomic E-state index is 0.439. The molecule has 1 aliphatic rings. The zero-order valence-electron chi connectivity index (χ0n) is 11.1. The number of hydrogen-bond donors (Lipinski definition) is 1. The van der Waals surface area contributed by atoms with Gasteiger partial charge in [-0.3, -0.25) is 9.88 Å². The molecular weight excluding hydrogens is 226 g/mol. The normalized spacial score (nSPS) is 19.1. The molecule has 0 aliphatic carbocycles. The van der Waals surface area contributed by atoms with Gasteiger partial charge < -0.3 is 10.5 Å². The van der Waals surface area contributed by atoms with Gasteiger partial charge in [0.05, 0.1) is 0 Å². The molecule has 18 heavy (non-hydrogen) atoms. The van der Waals surface area contributed by atoms with Gasteiger partial charge in [0, 0.05) is 44.7 Å². The second kappa shape index (κ2) is 6.83. The fraction of sp³-hybridized carbons (Fsp3) is 0.643. The highest BCUT2D eigenvalue weighted by Crippen LogP contribution is 2.22. The van der Waals surface area contributed by atoms with E-state index in [9.17, 15) is 0 Å². The zero-order chi connectivity index (χ0) is 12.8. The molecule has 0 bridgehead atoms. The van der Waals surface area contributed by atoms with Crippen molar-refractivity contribution in [2.45, 2.75) is 25.4 Å². The Morgan fingerprint density at radius 2 is 2.28 bits per heavy atom. The minimum Gasteiger partial charge on any atom is -0.381 e. The van der Waals surface area contributed by atoms with Crippen molar-refractivity contribution < 1.29 is 4.74 Å². The SMILES string of the molecule is CN(Cc1cccnc1)C(CN)C1CCOCC1. The predicted octanol–water partition coefficient (Wildman–Crippen LogP) is 1.27. The minimum atomic E-state index is 0.439. The maximum Gasteiger partial charge on any atom is 0.0469 e. The van der Waals surface area contributed by atoms with Crippen molar-refractivity contribution in [2.75, 3.05) is 26.8 Å². The van der Waals surface area contributed by atoms with Gasteiger partial charge in [-0.05, 0) is 37.4 Å². The first-order valence-electron chi connectivity index (χ1n) is 6.68. The molecule has 0 amide bonds. The molecule has 0 aromatic carbocycles. The number of pyridine rings is 1. The molecule has 0 saturated carbocycles. The fourth-order valence-corrected chi connectivity index (χ4v) is 2.73. The number of rotatable bonds is 5. The van der Waals surface area contributed by atoms with E-state index in [1.807, 2.05) is 18.5 Å². The van der Waals surface area contributed by atoms with Crippen LogP contribution >= 0.6 is 0 Å². The van der Waals surface area contributed by atoms with Crippen LogP contribution in [0.4, 0.5) is 0 Å². The Labute approximate surface area is 109 Å². The number of hydrogen-bond acceptors (Lipinski definition) is 4. The summed E-state index contributed by atoms with van der Waals surface area (Å²) in [5.41, 5.74) is 7.20. The first kappa shape index (κ1) is 13.5. The summed E-state index contributed by atoms with van der Waals surface area (Å²) in [6, 6.07) is 4.53. The summed E-state index contributed by atoms with van der Waals surface area (Å²) < 4.78 is 5.42. The molecule has 1 unspecified atom stereocenters. The molecule has 1 atom stereocenters. The highest BCUT2D eigenvalue weighted by atomic mass is 16.5. The number of nitrogens with zero attached hydrogens (tertiary/aromatic N) is 2. The van der Waals surface area contributed by atoms with Crippen LogP contribution in [0, 0.1) is 5.92 Å². The van der Waals surface area contributed by atoms with E-state index in [4.69, 9.17) is 10.5 Å². The zero-order valence-corrected chi connectivity index (χ0v) is 11.1.